The second-order valence-corrected chi connectivity index (χ2v) is 7.20. The number of rotatable bonds is 5. The molecule has 1 fully saturated rings. The number of hydrogen-bond donors (Lipinski definition) is 1. The van der Waals surface area contributed by atoms with E-state index in [9.17, 15) is 13.2 Å². The second-order valence-electron chi connectivity index (χ2n) is 5.48. The summed E-state index contributed by atoms with van der Waals surface area (Å²) < 4.78 is 28.5. The molecule has 1 aliphatic heterocycles. The van der Waals surface area contributed by atoms with Crippen molar-refractivity contribution in [3.63, 3.8) is 0 Å². The van der Waals surface area contributed by atoms with Gasteiger partial charge in [0.2, 0.25) is 5.91 Å². The molecule has 8 heteroatoms. The van der Waals surface area contributed by atoms with Crippen LogP contribution in [0, 0.1) is 6.92 Å². The highest BCUT2D eigenvalue weighted by Gasteiger charge is 2.25. The van der Waals surface area contributed by atoms with E-state index in [2.05, 4.69) is 9.71 Å². The summed E-state index contributed by atoms with van der Waals surface area (Å²) in [6.45, 7) is 4.50. The molecule has 1 aromatic rings. The van der Waals surface area contributed by atoms with Crippen molar-refractivity contribution in [1.29, 1.82) is 0 Å². The zero-order valence-electron chi connectivity index (χ0n) is 12.7. The molecule has 0 unspecified atom stereocenters. The SMILES string of the molecule is Cc1nc(S(=O)(=O)NC[C@H](C)N2CCCCC2=O)cn1C. The lowest BCUT2D eigenvalue weighted by molar-refractivity contribution is -0.135. The van der Waals surface area contributed by atoms with Crippen LogP contribution in [0.2, 0.25) is 0 Å². The number of sulfonamides is 1. The van der Waals surface area contributed by atoms with Crippen molar-refractivity contribution in [2.45, 2.75) is 44.2 Å². The van der Waals surface area contributed by atoms with E-state index in [4.69, 9.17) is 0 Å². The van der Waals surface area contributed by atoms with Crippen LogP contribution >= 0.6 is 0 Å². The average Bonchev–Trinajstić information content (AvgIpc) is 2.77. The minimum atomic E-state index is -3.63. The highest BCUT2D eigenvalue weighted by atomic mass is 32.2. The molecule has 1 saturated heterocycles. The number of piperidine rings is 1. The number of carbonyl (C=O) groups excluding carboxylic acids is 1. The predicted octanol–water partition coefficient (Wildman–Crippen LogP) is 0.408. The number of nitrogens with one attached hydrogen (secondary N) is 1. The quantitative estimate of drug-likeness (QED) is 0.853. The summed E-state index contributed by atoms with van der Waals surface area (Å²) in [4.78, 5) is 17.6. The first kappa shape index (κ1) is 16.0. The summed E-state index contributed by atoms with van der Waals surface area (Å²) in [6.07, 6.45) is 3.92. The van der Waals surface area contributed by atoms with Gasteiger partial charge in [-0.15, -0.1) is 0 Å². The van der Waals surface area contributed by atoms with Crippen LogP contribution in [-0.4, -0.2) is 47.9 Å². The highest BCUT2D eigenvalue weighted by molar-refractivity contribution is 7.89. The number of nitrogens with zero attached hydrogens (tertiary/aromatic N) is 3. The number of hydrogen-bond acceptors (Lipinski definition) is 4. The molecule has 1 aliphatic rings. The van der Waals surface area contributed by atoms with Gasteiger partial charge in [-0.3, -0.25) is 4.79 Å². The van der Waals surface area contributed by atoms with Crippen molar-refractivity contribution >= 4 is 15.9 Å². The lowest BCUT2D eigenvalue weighted by atomic mass is 10.1. The van der Waals surface area contributed by atoms with E-state index in [-0.39, 0.29) is 23.5 Å². The van der Waals surface area contributed by atoms with Crippen LogP contribution in [-0.2, 0) is 21.9 Å². The number of aryl methyl sites for hydroxylation is 2. The Bertz CT molecular complexity index is 604. The van der Waals surface area contributed by atoms with E-state index >= 15 is 0 Å². The standard InChI is InChI=1S/C13H22N4O3S/c1-10(17-7-5-4-6-13(17)18)8-14-21(19,20)12-9-16(3)11(2)15-12/h9-10,14H,4-8H2,1-3H3/t10-/m0/s1. The largest absolute Gasteiger partial charge is 0.339 e. The molecule has 2 heterocycles. The molecule has 0 aromatic carbocycles. The topological polar surface area (TPSA) is 84.3 Å². The highest BCUT2D eigenvalue weighted by Crippen LogP contribution is 2.14. The molecular formula is C13H22N4O3S. The Labute approximate surface area is 125 Å². The van der Waals surface area contributed by atoms with Gasteiger partial charge in [0, 0.05) is 38.8 Å². The number of carbonyl (C=O) groups is 1. The molecule has 21 heavy (non-hydrogen) atoms. The molecular weight excluding hydrogens is 292 g/mol. The Morgan fingerprint density at radius 3 is 2.71 bits per heavy atom. The smallest absolute Gasteiger partial charge is 0.259 e. The minimum Gasteiger partial charge on any atom is -0.339 e. The fraction of sp³-hybridized carbons (Fsp3) is 0.692. The van der Waals surface area contributed by atoms with Crippen LogP contribution in [0.15, 0.2) is 11.2 Å². The van der Waals surface area contributed by atoms with Crippen LogP contribution < -0.4 is 4.72 Å². The minimum absolute atomic E-state index is 0.0136. The number of amides is 1. The first-order valence-corrected chi connectivity index (χ1v) is 8.58. The first-order valence-electron chi connectivity index (χ1n) is 7.10. The second kappa shape index (κ2) is 6.15. The molecule has 118 valence electrons. The third kappa shape index (κ3) is 3.62. The number of likely N-dealkylation sites (tertiary alicyclic amines) is 1. The summed E-state index contributed by atoms with van der Waals surface area (Å²) in [5, 5.41) is 0.0136. The van der Waals surface area contributed by atoms with Gasteiger partial charge in [0.25, 0.3) is 10.0 Å². The Kier molecular flexibility index (Phi) is 4.67. The molecule has 0 radical (unpaired) electrons. The third-order valence-electron chi connectivity index (χ3n) is 3.82. The lowest BCUT2D eigenvalue weighted by Gasteiger charge is -2.32. The molecule has 1 atom stereocenters. The van der Waals surface area contributed by atoms with Crippen LogP contribution in [0.25, 0.3) is 0 Å². The van der Waals surface area contributed by atoms with Crippen molar-refractivity contribution in [3.8, 4) is 0 Å². The van der Waals surface area contributed by atoms with Gasteiger partial charge in [0.05, 0.1) is 0 Å². The summed E-state index contributed by atoms with van der Waals surface area (Å²) in [5.74, 6) is 0.733. The van der Waals surface area contributed by atoms with Crippen molar-refractivity contribution in [1.82, 2.24) is 19.2 Å². The lowest BCUT2D eigenvalue weighted by Crippen LogP contribution is -2.47. The normalized spacial score (nSPS) is 18.0. The average molecular weight is 314 g/mol. The van der Waals surface area contributed by atoms with Gasteiger partial charge in [0.15, 0.2) is 5.03 Å². The van der Waals surface area contributed by atoms with Crippen molar-refractivity contribution in [3.05, 3.63) is 12.0 Å². The molecule has 0 saturated carbocycles. The van der Waals surface area contributed by atoms with E-state index in [0.717, 1.165) is 12.8 Å². The Balaban J connectivity index is 1.99. The van der Waals surface area contributed by atoms with E-state index in [1.165, 1.54) is 6.20 Å². The van der Waals surface area contributed by atoms with Gasteiger partial charge < -0.3 is 9.47 Å². The van der Waals surface area contributed by atoms with Crippen molar-refractivity contribution < 1.29 is 13.2 Å². The molecule has 2 rings (SSSR count). The molecule has 0 spiro atoms. The Hall–Kier alpha value is -1.41. The summed E-state index contributed by atoms with van der Waals surface area (Å²) >= 11 is 0. The van der Waals surface area contributed by atoms with E-state index in [1.54, 1.807) is 23.4 Å². The molecule has 0 aliphatic carbocycles. The van der Waals surface area contributed by atoms with Crippen LogP contribution in [0.5, 0.6) is 0 Å². The van der Waals surface area contributed by atoms with Gasteiger partial charge >= 0.3 is 0 Å². The van der Waals surface area contributed by atoms with E-state index in [0.29, 0.717) is 18.8 Å². The maximum atomic E-state index is 12.2. The van der Waals surface area contributed by atoms with Gasteiger partial charge in [-0.2, -0.15) is 0 Å². The van der Waals surface area contributed by atoms with Gasteiger partial charge in [-0.1, -0.05) is 0 Å². The predicted molar refractivity (Wildman–Crippen MR) is 78.2 cm³/mol. The van der Waals surface area contributed by atoms with Gasteiger partial charge in [-0.05, 0) is 26.7 Å². The van der Waals surface area contributed by atoms with E-state index in [1.807, 2.05) is 6.92 Å². The van der Waals surface area contributed by atoms with Crippen molar-refractivity contribution in [2.75, 3.05) is 13.1 Å². The molecule has 0 bridgehead atoms. The Morgan fingerprint density at radius 2 is 2.14 bits per heavy atom. The third-order valence-corrected chi connectivity index (χ3v) is 5.12. The fourth-order valence-electron chi connectivity index (χ4n) is 2.36. The zero-order chi connectivity index (χ0) is 15.6. The fourth-order valence-corrected chi connectivity index (χ4v) is 3.52. The molecule has 1 N–H and O–H groups in total. The Morgan fingerprint density at radius 1 is 1.43 bits per heavy atom. The van der Waals surface area contributed by atoms with Gasteiger partial charge in [0.1, 0.15) is 5.82 Å². The molecule has 1 aromatic heterocycles. The summed E-state index contributed by atoms with van der Waals surface area (Å²) in [7, 11) is -1.89. The maximum Gasteiger partial charge on any atom is 0.259 e. The van der Waals surface area contributed by atoms with E-state index < -0.39 is 10.0 Å². The van der Waals surface area contributed by atoms with Crippen molar-refractivity contribution in [2.24, 2.45) is 7.05 Å². The van der Waals surface area contributed by atoms with Gasteiger partial charge in [-0.25, -0.2) is 18.1 Å². The summed E-state index contributed by atoms with van der Waals surface area (Å²) in [6, 6.07) is -0.155. The van der Waals surface area contributed by atoms with Crippen LogP contribution in [0.4, 0.5) is 0 Å². The number of aromatic nitrogens is 2. The monoisotopic (exact) mass is 314 g/mol. The summed E-state index contributed by atoms with van der Waals surface area (Å²) in [5.41, 5.74) is 0. The molecule has 1 amide bonds. The first-order chi connectivity index (χ1) is 9.81. The number of imidazole rings is 1. The molecule has 7 nitrogen and oxygen atoms in total. The zero-order valence-corrected chi connectivity index (χ0v) is 13.5. The van der Waals surface area contributed by atoms with Crippen LogP contribution in [0.1, 0.15) is 32.0 Å². The van der Waals surface area contributed by atoms with Crippen LogP contribution in [0.3, 0.4) is 0 Å². The maximum absolute atomic E-state index is 12.2.